The average molecular weight is 304 g/mol. The molecule has 0 radical (unpaired) electrons. The summed E-state index contributed by atoms with van der Waals surface area (Å²) in [5.41, 5.74) is 1.18. The molecule has 0 saturated heterocycles. The van der Waals surface area contributed by atoms with Crippen molar-refractivity contribution in [1.29, 1.82) is 0 Å². The van der Waals surface area contributed by atoms with Crippen molar-refractivity contribution >= 4 is 11.3 Å². The number of aromatic nitrogens is 1. The molecule has 1 unspecified atom stereocenters. The molecular weight excluding hydrogens is 280 g/mol. The minimum Gasteiger partial charge on any atom is -0.384 e. The van der Waals surface area contributed by atoms with E-state index >= 15 is 0 Å². The summed E-state index contributed by atoms with van der Waals surface area (Å²) in [6.07, 6.45) is 0. The molecule has 2 rings (SSSR count). The Morgan fingerprint density at radius 1 is 1.14 bits per heavy atom. The van der Waals surface area contributed by atoms with Gasteiger partial charge in [0.05, 0.1) is 16.3 Å². The lowest BCUT2D eigenvalue weighted by Gasteiger charge is -2.24. The summed E-state index contributed by atoms with van der Waals surface area (Å²) >= 11 is 1.70. The van der Waals surface area contributed by atoms with Gasteiger partial charge in [-0.25, -0.2) is 4.98 Å². The zero-order valence-electron chi connectivity index (χ0n) is 13.2. The molecule has 0 aliphatic rings. The van der Waals surface area contributed by atoms with Gasteiger partial charge < -0.3 is 10.4 Å². The van der Waals surface area contributed by atoms with E-state index in [2.05, 4.69) is 36.5 Å². The van der Waals surface area contributed by atoms with Crippen molar-refractivity contribution in [1.82, 2.24) is 10.3 Å². The Balaban J connectivity index is 1.91. The van der Waals surface area contributed by atoms with E-state index in [9.17, 15) is 5.11 Å². The predicted octanol–water partition coefficient (Wildman–Crippen LogP) is 3.44. The van der Waals surface area contributed by atoms with Crippen LogP contribution in [-0.4, -0.2) is 16.6 Å². The van der Waals surface area contributed by atoms with Crippen molar-refractivity contribution in [2.24, 2.45) is 0 Å². The number of aliphatic hydroxyl groups is 1. The molecule has 0 amide bonds. The van der Waals surface area contributed by atoms with Crippen LogP contribution in [0.5, 0.6) is 0 Å². The molecule has 0 aliphatic heterocycles. The van der Waals surface area contributed by atoms with Crippen molar-refractivity contribution in [2.45, 2.75) is 45.3 Å². The second-order valence-corrected chi connectivity index (χ2v) is 7.50. The molecule has 0 fully saturated rings. The third-order valence-electron chi connectivity index (χ3n) is 3.36. The smallest absolute Gasteiger partial charge is 0.0992 e. The molecule has 1 aromatic carbocycles. The highest BCUT2D eigenvalue weighted by Crippen LogP contribution is 2.25. The Morgan fingerprint density at radius 3 is 2.38 bits per heavy atom. The summed E-state index contributed by atoms with van der Waals surface area (Å²) in [7, 11) is 0. The molecule has 3 nitrogen and oxygen atoms in total. The molecule has 4 heteroatoms. The lowest BCUT2D eigenvalue weighted by Crippen LogP contribution is -2.35. The summed E-state index contributed by atoms with van der Waals surface area (Å²) in [5.74, 6) is 0. The standard InChI is InChI=1S/C17H24N2OS/c1-16(2,3)15-19-14(11-21-15)10-18-12-17(4,20)13-8-6-5-7-9-13/h5-9,11,18,20H,10,12H2,1-4H3. The van der Waals surface area contributed by atoms with E-state index in [1.165, 1.54) is 0 Å². The van der Waals surface area contributed by atoms with Gasteiger partial charge in [-0.05, 0) is 12.5 Å². The van der Waals surface area contributed by atoms with Gasteiger partial charge in [-0.2, -0.15) is 0 Å². The quantitative estimate of drug-likeness (QED) is 0.889. The molecule has 1 heterocycles. The molecule has 2 aromatic rings. The molecule has 0 aliphatic carbocycles. The second-order valence-electron chi connectivity index (χ2n) is 6.64. The Hall–Kier alpha value is -1.23. The van der Waals surface area contributed by atoms with Gasteiger partial charge in [0.2, 0.25) is 0 Å². The van der Waals surface area contributed by atoms with Crippen LogP contribution in [0.1, 0.15) is 44.0 Å². The van der Waals surface area contributed by atoms with Crippen molar-refractivity contribution < 1.29 is 5.11 Å². The largest absolute Gasteiger partial charge is 0.384 e. The first-order valence-electron chi connectivity index (χ1n) is 7.22. The Bertz CT molecular complexity index is 570. The number of hydrogen-bond donors (Lipinski definition) is 2. The van der Waals surface area contributed by atoms with Crippen LogP contribution in [0.15, 0.2) is 35.7 Å². The molecule has 1 aromatic heterocycles. The van der Waals surface area contributed by atoms with E-state index in [1.54, 1.807) is 11.3 Å². The highest BCUT2D eigenvalue weighted by atomic mass is 32.1. The van der Waals surface area contributed by atoms with E-state index in [1.807, 2.05) is 37.3 Å². The molecule has 0 bridgehead atoms. The Labute approximate surface area is 131 Å². The molecule has 114 valence electrons. The zero-order chi connectivity index (χ0) is 15.5. The van der Waals surface area contributed by atoms with Crippen molar-refractivity contribution in [3.63, 3.8) is 0 Å². The maximum absolute atomic E-state index is 10.5. The topological polar surface area (TPSA) is 45.2 Å². The van der Waals surface area contributed by atoms with Crippen molar-refractivity contribution in [3.05, 3.63) is 52.0 Å². The number of nitrogens with one attached hydrogen (secondary N) is 1. The summed E-state index contributed by atoms with van der Waals surface area (Å²) in [4.78, 5) is 4.65. The monoisotopic (exact) mass is 304 g/mol. The van der Waals surface area contributed by atoms with E-state index < -0.39 is 5.60 Å². The summed E-state index contributed by atoms with van der Waals surface area (Å²) < 4.78 is 0. The van der Waals surface area contributed by atoms with Crippen LogP contribution in [0.25, 0.3) is 0 Å². The van der Waals surface area contributed by atoms with Crippen LogP contribution < -0.4 is 5.32 Å². The third kappa shape index (κ3) is 4.37. The Morgan fingerprint density at radius 2 is 1.81 bits per heavy atom. The van der Waals surface area contributed by atoms with Gasteiger partial charge in [0.25, 0.3) is 0 Å². The number of benzene rings is 1. The molecule has 21 heavy (non-hydrogen) atoms. The van der Waals surface area contributed by atoms with E-state index in [-0.39, 0.29) is 5.41 Å². The van der Waals surface area contributed by atoms with Gasteiger partial charge in [0.15, 0.2) is 0 Å². The summed E-state index contributed by atoms with van der Waals surface area (Å²) in [6, 6.07) is 9.74. The van der Waals surface area contributed by atoms with Crippen LogP contribution in [-0.2, 0) is 17.6 Å². The van der Waals surface area contributed by atoms with Gasteiger partial charge in [-0.1, -0.05) is 51.1 Å². The van der Waals surface area contributed by atoms with Gasteiger partial charge in [0, 0.05) is 23.9 Å². The first-order valence-corrected chi connectivity index (χ1v) is 8.10. The first kappa shape index (κ1) is 16.1. The van der Waals surface area contributed by atoms with Crippen molar-refractivity contribution in [3.8, 4) is 0 Å². The van der Waals surface area contributed by atoms with E-state index in [0.29, 0.717) is 13.1 Å². The summed E-state index contributed by atoms with van der Waals surface area (Å²) in [6.45, 7) is 9.52. The first-order chi connectivity index (χ1) is 9.79. The fourth-order valence-corrected chi connectivity index (χ4v) is 2.97. The zero-order valence-corrected chi connectivity index (χ0v) is 14.0. The average Bonchev–Trinajstić information content (AvgIpc) is 2.88. The van der Waals surface area contributed by atoms with E-state index in [0.717, 1.165) is 16.3 Å². The minimum absolute atomic E-state index is 0.0957. The minimum atomic E-state index is -0.871. The number of nitrogens with zero attached hydrogens (tertiary/aromatic N) is 1. The number of hydrogen-bond acceptors (Lipinski definition) is 4. The van der Waals surface area contributed by atoms with Crippen LogP contribution in [0.2, 0.25) is 0 Å². The lowest BCUT2D eigenvalue weighted by molar-refractivity contribution is 0.0566. The molecule has 0 spiro atoms. The number of thiazole rings is 1. The van der Waals surface area contributed by atoms with E-state index in [4.69, 9.17) is 0 Å². The van der Waals surface area contributed by atoms with Crippen LogP contribution in [0.3, 0.4) is 0 Å². The highest BCUT2D eigenvalue weighted by molar-refractivity contribution is 7.09. The van der Waals surface area contributed by atoms with Crippen LogP contribution in [0.4, 0.5) is 0 Å². The van der Waals surface area contributed by atoms with Crippen molar-refractivity contribution in [2.75, 3.05) is 6.54 Å². The lowest BCUT2D eigenvalue weighted by atomic mass is 9.96. The predicted molar refractivity (Wildman–Crippen MR) is 88.5 cm³/mol. The van der Waals surface area contributed by atoms with Gasteiger partial charge >= 0.3 is 0 Å². The number of rotatable bonds is 5. The highest BCUT2D eigenvalue weighted by Gasteiger charge is 2.22. The molecule has 1 atom stereocenters. The third-order valence-corrected chi connectivity index (χ3v) is 4.68. The molecule has 0 saturated carbocycles. The molecular formula is C17H24N2OS. The summed E-state index contributed by atoms with van der Waals surface area (Å²) in [5, 5.41) is 17.1. The van der Waals surface area contributed by atoms with Gasteiger partial charge in [-0.15, -0.1) is 11.3 Å². The molecule has 2 N–H and O–H groups in total. The fourth-order valence-electron chi connectivity index (χ4n) is 2.07. The SMILES string of the molecule is CC(C)(C)c1nc(CNCC(C)(O)c2ccccc2)cs1. The van der Waals surface area contributed by atoms with Gasteiger partial charge in [0.1, 0.15) is 0 Å². The maximum Gasteiger partial charge on any atom is 0.0992 e. The van der Waals surface area contributed by atoms with Crippen LogP contribution >= 0.6 is 11.3 Å². The maximum atomic E-state index is 10.5. The fraction of sp³-hybridized carbons (Fsp3) is 0.471. The Kier molecular flexibility index (Phi) is 4.81. The second kappa shape index (κ2) is 6.26. The van der Waals surface area contributed by atoms with Gasteiger partial charge in [-0.3, -0.25) is 0 Å². The van der Waals surface area contributed by atoms with Crippen LogP contribution in [0, 0.1) is 0 Å². The normalized spacial score (nSPS) is 14.9.